The summed E-state index contributed by atoms with van der Waals surface area (Å²) in [5.74, 6) is 0.802. The maximum absolute atomic E-state index is 3.46. The number of thiophene rings is 1. The van der Waals surface area contributed by atoms with Gasteiger partial charge in [0.2, 0.25) is 0 Å². The van der Waals surface area contributed by atoms with Crippen LogP contribution in [-0.2, 0) is 0 Å². The molecule has 1 aliphatic rings. The summed E-state index contributed by atoms with van der Waals surface area (Å²) in [6.07, 6.45) is 6.86. The van der Waals surface area contributed by atoms with E-state index in [1.54, 1.807) is 5.56 Å². The molecule has 1 saturated carbocycles. The fourth-order valence-electron chi connectivity index (χ4n) is 2.72. The Morgan fingerprint density at radius 2 is 2.13 bits per heavy atom. The molecule has 2 atom stereocenters. The quantitative estimate of drug-likeness (QED) is 0.754. The van der Waals surface area contributed by atoms with Crippen LogP contribution >= 0.6 is 11.3 Å². The van der Waals surface area contributed by atoms with E-state index in [-0.39, 0.29) is 0 Å². The Balaban J connectivity index is 2.10. The molecule has 15 heavy (non-hydrogen) atoms. The highest BCUT2D eigenvalue weighted by Gasteiger charge is 2.21. The largest absolute Gasteiger partial charge is 0.317 e. The van der Waals surface area contributed by atoms with Crippen molar-refractivity contribution in [3.05, 3.63) is 21.9 Å². The average Bonchev–Trinajstić information content (AvgIpc) is 2.54. The van der Waals surface area contributed by atoms with Gasteiger partial charge >= 0.3 is 0 Å². The minimum absolute atomic E-state index is 0.733. The summed E-state index contributed by atoms with van der Waals surface area (Å²) in [6.45, 7) is 2.26. The van der Waals surface area contributed by atoms with Crippen LogP contribution in [-0.4, -0.2) is 13.1 Å². The summed E-state index contributed by atoms with van der Waals surface area (Å²) in [5, 5.41) is 5.70. The van der Waals surface area contributed by atoms with Gasteiger partial charge in [0.1, 0.15) is 0 Å². The zero-order chi connectivity index (χ0) is 10.7. The minimum Gasteiger partial charge on any atom is -0.317 e. The summed E-state index contributed by atoms with van der Waals surface area (Å²) < 4.78 is 0. The van der Waals surface area contributed by atoms with Gasteiger partial charge in [-0.05, 0) is 56.2 Å². The lowest BCUT2D eigenvalue weighted by atomic mass is 9.91. The third kappa shape index (κ3) is 2.61. The van der Waals surface area contributed by atoms with E-state index in [0.29, 0.717) is 0 Å². The Labute approximate surface area is 96.9 Å². The van der Waals surface area contributed by atoms with Crippen LogP contribution in [0.2, 0.25) is 0 Å². The number of rotatable bonds is 2. The van der Waals surface area contributed by atoms with Crippen molar-refractivity contribution in [2.24, 2.45) is 0 Å². The topological polar surface area (TPSA) is 12.0 Å². The Hall–Kier alpha value is -0.340. The molecule has 1 nitrogen and oxygen atoms in total. The van der Waals surface area contributed by atoms with E-state index in [0.717, 1.165) is 12.0 Å². The molecule has 1 N–H and O–H groups in total. The maximum atomic E-state index is 3.46. The number of hydrogen-bond acceptors (Lipinski definition) is 2. The second-order valence-electron chi connectivity index (χ2n) is 4.63. The highest BCUT2D eigenvalue weighted by molar-refractivity contribution is 7.10. The van der Waals surface area contributed by atoms with E-state index in [2.05, 4.69) is 30.7 Å². The summed E-state index contributed by atoms with van der Waals surface area (Å²) in [7, 11) is 2.10. The number of hydrogen-bond donors (Lipinski definition) is 1. The summed E-state index contributed by atoms with van der Waals surface area (Å²) in [5.41, 5.74) is 1.61. The second-order valence-corrected chi connectivity index (χ2v) is 5.76. The summed E-state index contributed by atoms with van der Waals surface area (Å²) in [4.78, 5) is 1.52. The van der Waals surface area contributed by atoms with Crippen molar-refractivity contribution in [1.82, 2.24) is 5.32 Å². The zero-order valence-corrected chi connectivity index (χ0v) is 10.6. The molecule has 0 aromatic carbocycles. The minimum atomic E-state index is 0.733. The van der Waals surface area contributed by atoms with Gasteiger partial charge in [0, 0.05) is 10.9 Å². The first-order chi connectivity index (χ1) is 7.31. The summed E-state index contributed by atoms with van der Waals surface area (Å²) >= 11 is 1.89. The van der Waals surface area contributed by atoms with Crippen molar-refractivity contribution in [2.45, 2.75) is 51.0 Å². The van der Waals surface area contributed by atoms with Crippen molar-refractivity contribution in [3.8, 4) is 0 Å². The van der Waals surface area contributed by atoms with Gasteiger partial charge in [0.15, 0.2) is 0 Å². The number of nitrogens with one attached hydrogen (secondary N) is 1. The molecule has 1 heterocycles. The molecule has 2 rings (SSSR count). The monoisotopic (exact) mass is 223 g/mol. The first-order valence-electron chi connectivity index (χ1n) is 6.02. The van der Waals surface area contributed by atoms with Crippen molar-refractivity contribution in [1.29, 1.82) is 0 Å². The highest BCUT2D eigenvalue weighted by atomic mass is 32.1. The molecule has 0 aliphatic heterocycles. The molecule has 1 aromatic heterocycles. The van der Waals surface area contributed by atoms with Gasteiger partial charge in [-0.3, -0.25) is 0 Å². The molecule has 0 radical (unpaired) electrons. The molecule has 1 aliphatic carbocycles. The maximum Gasteiger partial charge on any atom is 0.00698 e. The van der Waals surface area contributed by atoms with Crippen LogP contribution in [0.1, 0.15) is 48.5 Å². The SMILES string of the molecule is CNC1CCCCC(c2ccsc2C)C1. The average molecular weight is 223 g/mol. The molecule has 1 fully saturated rings. The van der Waals surface area contributed by atoms with E-state index in [9.17, 15) is 0 Å². The van der Waals surface area contributed by atoms with Crippen molar-refractivity contribution in [3.63, 3.8) is 0 Å². The van der Waals surface area contributed by atoms with Crippen molar-refractivity contribution in [2.75, 3.05) is 7.05 Å². The molecule has 2 unspecified atom stereocenters. The van der Waals surface area contributed by atoms with Crippen LogP contribution < -0.4 is 5.32 Å². The summed E-state index contributed by atoms with van der Waals surface area (Å²) in [6, 6.07) is 3.07. The zero-order valence-electron chi connectivity index (χ0n) is 9.75. The Morgan fingerprint density at radius 3 is 2.80 bits per heavy atom. The molecule has 84 valence electrons. The number of aryl methyl sites for hydroxylation is 1. The van der Waals surface area contributed by atoms with Crippen LogP contribution in [0.3, 0.4) is 0 Å². The lowest BCUT2D eigenvalue weighted by Gasteiger charge is -2.19. The van der Waals surface area contributed by atoms with Gasteiger partial charge in [0.05, 0.1) is 0 Å². The van der Waals surface area contributed by atoms with E-state index >= 15 is 0 Å². The molecule has 0 bridgehead atoms. The lowest BCUT2D eigenvalue weighted by Crippen LogP contribution is -2.25. The Bertz CT molecular complexity index is 305. The Morgan fingerprint density at radius 1 is 1.33 bits per heavy atom. The van der Waals surface area contributed by atoms with Crippen LogP contribution in [0.15, 0.2) is 11.4 Å². The van der Waals surface area contributed by atoms with Gasteiger partial charge in [0.25, 0.3) is 0 Å². The van der Waals surface area contributed by atoms with Crippen LogP contribution in [0.4, 0.5) is 0 Å². The van der Waals surface area contributed by atoms with Crippen molar-refractivity contribution >= 4 is 11.3 Å². The smallest absolute Gasteiger partial charge is 0.00698 e. The van der Waals surface area contributed by atoms with E-state index < -0.39 is 0 Å². The third-order valence-corrected chi connectivity index (χ3v) is 4.53. The molecule has 0 spiro atoms. The Kier molecular flexibility index (Phi) is 3.81. The van der Waals surface area contributed by atoms with Gasteiger partial charge < -0.3 is 5.32 Å². The first kappa shape index (κ1) is 11.2. The fourth-order valence-corrected chi connectivity index (χ4v) is 3.51. The van der Waals surface area contributed by atoms with Crippen LogP contribution in [0.25, 0.3) is 0 Å². The molecule has 0 amide bonds. The molecule has 1 aromatic rings. The third-order valence-electron chi connectivity index (χ3n) is 3.67. The van der Waals surface area contributed by atoms with E-state index in [1.165, 1.54) is 37.0 Å². The molecule has 2 heteroatoms. The predicted molar refractivity (Wildman–Crippen MR) is 67.7 cm³/mol. The molecular formula is C13H21NS. The van der Waals surface area contributed by atoms with Crippen LogP contribution in [0.5, 0.6) is 0 Å². The highest BCUT2D eigenvalue weighted by Crippen LogP contribution is 2.35. The van der Waals surface area contributed by atoms with Crippen molar-refractivity contribution < 1.29 is 0 Å². The molecular weight excluding hydrogens is 202 g/mol. The predicted octanol–water partition coefficient (Wildman–Crippen LogP) is 3.69. The standard InChI is InChI=1S/C13H21NS/c1-10-13(7-8-15-10)11-5-3-4-6-12(9-11)14-2/h7-8,11-12,14H,3-6,9H2,1-2H3. The fraction of sp³-hybridized carbons (Fsp3) is 0.692. The van der Waals surface area contributed by atoms with Crippen LogP contribution in [0, 0.1) is 6.92 Å². The second kappa shape index (κ2) is 5.13. The lowest BCUT2D eigenvalue weighted by molar-refractivity contribution is 0.471. The van der Waals surface area contributed by atoms with Gasteiger partial charge in [-0.25, -0.2) is 0 Å². The van der Waals surface area contributed by atoms with Gasteiger partial charge in [-0.2, -0.15) is 0 Å². The normalized spacial score (nSPS) is 27.6. The van der Waals surface area contributed by atoms with E-state index in [1.807, 2.05) is 11.3 Å². The van der Waals surface area contributed by atoms with Gasteiger partial charge in [-0.1, -0.05) is 12.8 Å². The van der Waals surface area contributed by atoms with E-state index in [4.69, 9.17) is 0 Å². The first-order valence-corrected chi connectivity index (χ1v) is 6.90. The molecule has 0 saturated heterocycles. The van der Waals surface area contributed by atoms with Gasteiger partial charge in [-0.15, -0.1) is 11.3 Å².